The number of carbonyl (C=O) groups excluding carboxylic acids is 3. The van der Waals surface area contributed by atoms with Crippen LogP contribution in [0.4, 0.5) is 10.5 Å². The molecule has 0 saturated carbocycles. The van der Waals surface area contributed by atoms with Crippen molar-refractivity contribution in [1.29, 1.82) is 0 Å². The molecule has 1 saturated heterocycles. The highest BCUT2D eigenvalue weighted by Crippen LogP contribution is 2.34. The van der Waals surface area contributed by atoms with Gasteiger partial charge in [-0.15, -0.1) is 0 Å². The Balaban J connectivity index is 1.50. The predicted molar refractivity (Wildman–Crippen MR) is 114 cm³/mol. The van der Waals surface area contributed by atoms with E-state index in [2.05, 4.69) is 5.32 Å². The molecule has 1 fully saturated rings. The normalized spacial score (nSPS) is 19.7. The van der Waals surface area contributed by atoms with Crippen molar-refractivity contribution >= 4 is 23.5 Å². The van der Waals surface area contributed by atoms with Crippen molar-refractivity contribution in [1.82, 2.24) is 10.2 Å². The van der Waals surface area contributed by atoms with Crippen LogP contribution in [0.25, 0.3) is 0 Å². The molecule has 162 valence electrons. The largest absolute Gasteiger partial charge is 0.454 e. The third kappa shape index (κ3) is 3.93. The SMILES string of the molecule is CC(C)N(C(=O)CN1C(=O)NC(C)(Cc2ccc3c(c2)OCO3)C1=O)c1ccccc1. The van der Waals surface area contributed by atoms with Crippen LogP contribution >= 0.6 is 0 Å². The summed E-state index contributed by atoms with van der Waals surface area (Å²) in [4.78, 5) is 41.4. The van der Waals surface area contributed by atoms with E-state index in [9.17, 15) is 14.4 Å². The van der Waals surface area contributed by atoms with E-state index in [0.717, 1.165) is 16.2 Å². The molecule has 0 aromatic heterocycles. The second-order valence-corrected chi connectivity index (χ2v) is 8.21. The smallest absolute Gasteiger partial charge is 0.325 e. The molecule has 4 rings (SSSR count). The molecule has 31 heavy (non-hydrogen) atoms. The number of carbonyl (C=O) groups is 3. The minimum atomic E-state index is -1.15. The second-order valence-electron chi connectivity index (χ2n) is 8.21. The molecule has 2 aliphatic heterocycles. The molecular weight excluding hydrogens is 398 g/mol. The molecule has 0 aliphatic carbocycles. The quantitative estimate of drug-likeness (QED) is 0.722. The molecule has 8 heteroatoms. The number of nitrogens with zero attached hydrogens (tertiary/aromatic N) is 2. The number of nitrogens with one attached hydrogen (secondary N) is 1. The first-order chi connectivity index (χ1) is 14.8. The molecule has 1 unspecified atom stereocenters. The average molecular weight is 423 g/mol. The first-order valence-corrected chi connectivity index (χ1v) is 10.2. The summed E-state index contributed by atoms with van der Waals surface area (Å²) >= 11 is 0. The van der Waals surface area contributed by atoms with Gasteiger partial charge in [0.2, 0.25) is 12.7 Å². The van der Waals surface area contributed by atoms with Gasteiger partial charge in [0.1, 0.15) is 12.1 Å². The summed E-state index contributed by atoms with van der Waals surface area (Å²) in [7, 11) is 0. The Morgan fingerprint density at radius 3 is 2.55 bits per heavy atom. The van der Waals surface area contributed by atoms with Gasteiger partial charge in [0.15, 0.2) is 11.5 Å². The van der Waals surface area contributed by atoms with Gasteiger partial charge in [-0.2, -0.15) is 0 Å². The van der Waals surface area contributed by atoms with Crippen molar-refractivity contribution in [3.63, 3.8) is 0 Å². The van der Waals surface area contributed by atoms with E-state index in [-0.39, 0.29) is 31.7 Å². The van der Waals surface area contributed by atoms with Crippen molar-refractivity contribution in [2.75, 3.05) is 18.2 Å². The van der Waals surface area contributed by atoms with Crippen LogP contribution < -0.4 is 19.7 Å². The van der Waals surface area contributed by atoms with Crippen molar-refractivity contribution in [2.45, 2.75) is 38.8 Å². The Morgan fingerprint density at radius 1 is 1.13 bits per heavy atom. The summed E-state index contributed by atoms with van der Waals surface area (Å²) in [6.45, 7) is 5.28. The molecular formula is C23H25N3O5. The highest BCUT2D eigenvalue weighted by atomic mass is 16.7. The summed E-state index contributed by atoms with van der Waals surface area (Å²) in [5, 5.41) is 2.75. The Kier molecular flexibility index (Phi) is 5.31. The van der Waals surface area contributed by atoms with Crippen LogP contribution in [0.5, 0.6) is 11.5 Å². The minimum absolute atomic E-state index is 0.129. The Morgan fingerprint density at radius 2 is 1.84 bits per heavy atom. The van der Waals surface area contributed by atoms with Gasteiger partial charge in [0, 0.05) is 18.2 Å². The van der Waals surface area contributed by atoms with Crippen LogP contribution in [-0.2, 0) is 16.0 Å². The summed E-state index contributed by atoms with van der Waals surface area (Å²) in [5.74, 6) is 0.509. The van der Waals surface area contributed by atoms with E-state index in [0.29, 0.717) is 11.5 Å². The van der Waals surface area contributed by atoms with E-state index in [4.69, 9.17) is 9.47 Å². The maximum Gasteiger partial charge on any atom is 0.325 e. The lowest BCUT2D eigenvalue weighted by atomic mass is 9.92. The number of imide groups is 1. The van der Waals surface area contributed by atoms with Gasteiger partial charge >= 0.3 is 6.03 Å². The molecule has 8 nitrogen and oxygen atoms in total. The highest BCUT2D eigenvalue weighted by Gasteiger charge is 2.48. The molecule has 1 atom stereocenters. The van der Waals surface area contributed by atoms with Gasteiger partial charge in [-0.05, 0) is 50.6 Å². The monoisotopic (exact) mass is 423 g/mol. The topological polar surface area (TPSA) is 88.2 Å². The molecule has 2 heterocycles. The lowest BCUT2D eigenvalue weighted by Gasteiger charge is -2.28. The number of para-hydroxylation sites is 1. The van der Waals surface area contributed by atoms with Crippen LogP contribution in [0.2, 0.25) is 0 Å². The molecule has 2 aromatic rings. The number of fused-ring (bicyclic) bond motifs is 1. The summed E-state index contributed by atoms with van der Waals surface area (Å²) < 4.78 is 10.7. The van der Waals surface area contributed by atoms with Gasteiger partial charge in [0.25, 0.3) is 5.91 Å². The molecule has 0 spiro atoms. The van der Waals surface area contributed by atoms with Crippen molar-refractivity contribution in [3.05, 3.63) is 54.1 Å². The molecule has 2 aliphatic rings. The van der Waals surface area contributed by atoms with Crippen molar-refractivity contribution in [3.8, 4) is 11.5 Å². The number of hydrogen-bond donors (Lipinski definition) is 1. The van der Waals surface area contributed by atoms with Crippen LogP contribution in [0, 0.1) is 0 Å². The summed E-state index contributed by atoms with van der Waals surface area (Å²) in [6, 6.07) is 13.9. The van der Waals surface area contributed by atoms with E-state index in [1.807, 2.05) is 50.2 Å². The van der Waals surface area contributed by atoms with Gasteiger partial charge < -0.3 is 19.7 Å². The zero-order chi connectivity index (χ0) is 22.2. The van der Waals surface area contributed by atoms with Gasteiger partial charge in [0.05, 0.1) is 0 Å². The minimum Gasteiger partial charge on any atom is -0.454 e. The first kappa shape index (κ1) is 20.7. The van der Waals surface area contributed by atoms with E-state index in [1.54, 1.807) is 24.0 Å². The van der Waals surface area contributed by atoms with Crippen molar-refractivity contribution in [2.24, 2.45) is 0 Å². The Labute approximate surface area is 180 Å². The zero-order valence-corrected chi connectivity index (χ0v) is 17.8. The first-order valence-electron chi connectivity index (χ1n) is 10.2. The van der Waals surface area contributed by atoms with Gasteiger partial charge in [-0.3, -0.25) is 14.5 Å². The third-order valence-electron chi connectivity index (χ3n) is 5.45. The number of anilines is 1. The fraction of sp³-hybridized carbons (Fsp3) is 0.348. The number of ether oxygens (including phenoxy) is 2. The third-order valence-corrected chi connectivity index (χ3v) is 5.45. The van der Waals surface area contributed by atoms with Crippen LogP contribution in [0.1, 0.15) is 26.3 Å². The number of hydrogen-bond acceptors (Lipinski definition) is 5. The Hall–Kier alpha value is -3.55. The van der Waals surface area contributed by atoms with Gasteiger partial charge in [-0.25, -0.2) is 4.79 Å². The maximum atomic E-state index is 13.2. The Bertz CT molecular complexity index is 1020. The fourth-order valence-electron chi connectivity index (χ4n) is 4.00. The highest BCUT2D eigenvalue weighted by molar-refractivity contribution is 6.10. The van der Waals surface area contributed by atoms with E-state index >= 15 is 0 Å². The van der Waals surface area contributed by atoms with Crippen LogP contribution in [0.3, 0.4) is 0 Å². The molecule has 1 N–H and O–H groups in total. The standard InChI is InChI=1S/C23H25N3O5/c1-15(2)26(17-7-5-4-6-8-17)20(27)13-25-21(28)23(3,24-22(25)29)12-16-9-10-18-19(11-16)31-14-30-18/h4-11,15H,12-14H2,1-3H3,(H,24,29). The van der Waals surface area contributed by atoms with Crippen molar-refractivity contribution < 1.29 is 23.9 Å². The second kappa shape index (κ2) is 7.94. The number of benzene rings is 2. The maximum absolute atomic E-state index is 13.2. The van der Waals surface area contributed by atoms with Crippen LogP contribution in [0.15, 0.2) is 48.5 Å². The average Bonchev–Trinajstić information content (AvgIpc) is 3.26. The molecule has 0 bridgehead atoms. The molecule has 4 amide bonds. The summed E-state index contributed by atoms with van der Waals surface area (Å²) in [5.41, 5.74) is 0.389. The van der Waals surface area contributed by atoms with E-state index in [1.165, 1.54) is 0 Å². The molecule has 0 radical (unpaired) electrons. The van der Waals surface area contributed by atoms with Crippen LogP contribution in [-0.4, -0.2) is 47.7 Å². The number of amides is 4. The number of rotatable bonds is 6. The van der Waals surface area contributed by atoms with Gasteiger partial charge in [-0.1, -0.05) is 24.3 Å². The lowest BCUT2D eigenvalue weighted by molar-refractivity contribution is -0.134. The fourth-order valence-corrected chi connectivity index (χ4v) is 4.00. The predicted octanol–water partition coefficient (Wildman–Crippen LogP) is 2.71. The van der Waals surface area contributed by atoms with E-state index < -0.39 is 17.5 Å². The summed E-state index contributed by atoms with van der Waals surface area (Å²) in [6.07, 6.45) is 0.269. The lowest BCUT2D eigenvalue weighted by Crippen LogP contribution is -2.48. The molecule has 2 aromatic carbocycles. The number of urea groups is 1. The zero-order valence-electron chi connectivity index (χ0n) is 17.8.